The van der Waals surface area contributed by atoms with Gasteiger partial charge in [-0.25, -0.2) is 9.89 Å². The van der Waals surface area contributed by atoms with Gasteiger partial charge in [0, 0.05) is 0 Å². The third kappa shape index (κ3) is 3.19. The van der Waals surface area contributed by atoms with Crippen molar-refractivity contribution in [3.05, 3.63) is 16.3 Å². The minimum absolute atomic E-state index is 0.0271. The van der Waals surface area contributed by atoms with Gasteiger partial charge in [-0.1, -0.05) is 6.42 Å². The number of nitrogens with one attached hydrogen (secondary N) is 3. The van der Waals surface area contributed by atoms with Gasteiger partial charge in [0.15, 0.2) is 0 Å². The third-order valence-electron chi connectivity index (χ3n) is 3.30. The van der Waals surface area contributed by atoms with Crippen LogP contribution in [0.1, 0.15) is 32.0 Å². The number of hydrogen-bond acceptors (Lipinski definition) is 4. The molecule has 7 heteroatoms. The highest BCUT2D eigenvalue weighted by Gasteiger charge is 2.22. The SMILES string of the molecule is CC(C(=O)NCc1n[nH]c(=O)[nH]1)N1CCCCC1. The second-order valence-electron chi connectivity index (χ2n) is 4.61. The van der Waals surface area contributed by atoms with Gasteiger partial charge in [-0.3, -0.25) is 14.7 Å². The third-order valence-corrected chi connectivity index (χ3v) is 3.30. The number of hydrogen-bond donors (Lipinski definition) is 3. The van der Waals surface area contributed by atoms with Gasteiger partial charge in [0.25, 0.3) is 0 Å². The van der Waals surface area contributed by atoms with E-state index in [4.69, 9.17) is 0 Å². The van der Waals surface area contributed by atoms with Gasteiger partial charge < -0.3 is 5.32 Å². The lowest BCUT2D eigenvalue weighted by Gasteiger charge is -2.31. The van der Waals surface area contributed by atoms with Crippen LogP contribution in [-0.4, -0.2) is 45.1 Å². The van der Waals surface area contributed by atoms with E-state index in [9.17, 15) is 9.59 Å². The zero-order valence-electron chi connectivity index (χ0n) is 10.5. The van der Waals surface area contributed by atoms with Crippen LogP contribution in [0.2, 0.25) is 0 Å². The minimum atomic E-state index is -0.358. The van der Waals surface area contributed by atoms with Crippen LogP contribution in [0, 0.1) is 0 Å². The molecule has 1 aliphatic heterocycles. The van der Waals surface area contributed by atoms with E-state index in [0.29, 0.717) is 5.82 Å². The molecule has 18 heavy (non-hydrogen) atoms. The molecule has 2 heterocycles. The molecule has 1 atom stereocenters. The molecule has 1 aliphatic rings. The smallest absolute Gasteiger partial charge is 0.340 e. The maximum atomic E-state index is 11.9. The Morgan fingerprint density at radius 1 is 1.44 bits per heavy atom. The molecule has 0 saturated carbocycles. The van der Waals surface area contributed by atoms with Crippen LogP contribution in [0.5, 0.6) is 0 Å². The van der Waals surface area contributed by atoms with Gasteiger partial charge in [0.05, 0.1) is 12.6 Å². The Balaban J connectivity index is 1.81. The highest BCUT2D eigenvalue weighted by atomic mass is 16.2. The van der Waals surface area contributed by atoms with Gasteiger partial charge in [-0.05, 0) is 32.9 Å². The molecule has 2 rings (SSSR count). The van der Waals surface area contributed by atoms with Crippen molar-refractivity contribution < 1.29 is 4.79 Å². The van der Waals surface area contributed by atoms with Crippen molar-refractivity contribution in [1.29, 1.82) is 0 Å². The Hall–Kier alpha value is -1.63. The lowest BCUT2D eigenvalue weighted by molar-refractivity contribution is -0.126. The lowest BCUT2D eigenvalue weighted by atomic mass is 10.1. The Morgan fingerprint density at radius 3 is 2.78 bits per heavy atom. The van der Waals surface area contributed by atoms with Crippen LogP contribution >= 0.6 is 0 Å². The van der Waals surface area contributed by atoms with Gasteiger partial charge in [0.2, 0.25) is 5.91 Å². The summed E-state index contributed by atoms with van der Waals surface area (Å²) in [7, 11) is 0. The first-order valence-corrected chi connectivity index (χ1v) is 6.32. The zero-order valence-corrected chi connectivity index (χ0v) is 10.5. The van der Waals surface area contributed by atoms with Crippen molar-refractivity contribution in [2.45, 2.75) is 38.8 Å². The first kappa shape index (κ1) is 12.8. The zero-order chi connectivity index (χ0) is 13.0. The number of likely N-dealkylation sites (tertiary alicyclic amines) is 1. The molecular weight excluding hydrogens is 234 g/mol. The quantitative estimate of drug-likeness (QED) is 0.680. The summed E-state index contributed by atoms with van der Waals surface area (Å²) < 4.78 is 0. The topological polar surface area (TPSA) is 93.9 Å². The first-order chi connectivity index (χ1) is 8.66. The van der Waals surface area contributed by atoms with Gasteiger partial charge in [-0.2, -0.15) is 5.10 Å². The predicted molar refractivity (Wildman–Crippen MR) is 65.9 cm³/mol. The van der Waals surface area contributed by atoms with E-state index < -0.39 is 0 Å². The Kier molecular flexibility index (Phi) is 4.14. The molecular formula is C11H19N5O2. The van der Waals surface area contributed by atoms with E-state index in [0.717, 1.165) is 25.9 Å². The molecule has 0 spiro atoms. The van der Waals surface area contributed by atoms with Crippen molar-refractivity contribution in [1.82, 2.24) is 25.4 Å². The maximum absolute atomic E-state index is 11.9. The Morgan fingerprint density at radius 2 is 2.17 bits per heavy atom. The molecule has 100 valence electrons. The van der Waals surface area contributed by atoms with E-state index in [1.54, 1.807) is 0 Å². The molecule has 1 saturated heterocycles. The molecule has 0 radical (unpaired) electrons. The highest BCUT2D eigenvalue weighted by molar-refractivity contribution is 5.81. The maximum Gasteiger partial charge on any atom is 0.340 e. The predicted octanol–water partition coefficient (Wildman–Crippen LogP) is -0.411. The van der Waals surface area contributed by atoms with E-state index in [1.165, 1.54) is 6.42 Å². The fourth-order valence-electron chi connectivity index (χ4n) is 2.18. The van der Waals surface area contributed by atoms with Crippen molar-refractivity contribution in [3.63, 3.8) is 0 Å². The summed E-state index contributed by atoms with van der Waals surface area (Å²) in [5, 5.41) is 8.78. The summed E-state index contributed by atoms with van der Waals surface area (Å²) in [6.07, 6.45) is 3.56. The van der Waals surface area contributed by atoms with Crippen LogP contribution in [0.4, 0.5) is 0 Å². The van der Waals surface area contributed by atoms with Crippen LogP contribution in [0.3, 0.4) is 0 Å². The molecule has 0 bridgehead atoms. The standard InChI is InChI=1S/C11H19N5O2/c1-8(16-5-3-2-4-6-16)10(17)12-7-9-13-11(18)15-14-9/h8H,2-7H2,1H3,(H,12,17)(H2,13,14,15,18). The lowest BCUT2D eigenvalue weighted by Crippen LogP contribution is -2.47. The summed E-state index contributed by atoms with van der Waals surface area (Å²) in [4.78, 5) is 27.4. The second kappa shape index (κ2) is 5.81. The second-order valence-corrected chi connectivity index (χ2v) is 4.61. The van der Waals surface area contributed by atoms with E-state index >= 15 is 0 Å². The Bertz CT molecular complexity index is 446. The number of aromatic nitrogens is 3. The molecule has 0 aliphatic carbocycles. The molecule has 0 aromatic carbocycles. The van der Waals surface area contributed by atoms with Gasteiger partial charge in [-0.15, -0.1) is 0 Å². The number of amides is 1. The molecule has 1 unspecified atom stereocenters. The Labute approximate surface area is 105 Å². The summed E-state index contributed by atoms with van der Waals surface area (Å²) in [5.41, 5.74) is -0.358. The van der Waals surface area contributed by atoms with E-state index in [1.807, 2.05) is 6.92 Å². The molecule has 1 aromatic heterocycles. The summed E-state index contributed by atoms with van der Waals surface area (Å²) in [5.74, 6) is 0.417. The van der Waals surface area contributed by atoms with Crippen molar-refractivity contribution in [3.8, 4) is 0 Å². The average molecular weight is 253 g/mol. The highest BCUT2D eigenvalue weighted by Crippen LogP contribution is 2.11. The van der Waals surface area contributed by atoms with Crippen LogP contribution in [0.25, 0.3) is 0 Å². The van der Waals surface area contributed by atoms with Crippen molar-refractivity contribution in [2.24, 2.45) is 0 Å². The number of rotatable bonds is 4. The van der Waals surface area contributed by atoms with E-state index in [2.05, 4.69) is 25.4 Å². The van der Waals surface area contributed by atoms with Crippen molar-refractivity contribution in [2.75, 3.05) is 13.1 Å². The molecule has 1 fully saturated rings. The molecule has 7 nitrogen and oxygen atoms in total. The number of carbonyl (C=O) groups excluding carboxylic acids is 1. The number of nitrogens with zero attached hydrogens (tertiary/aromatic N) is 2. The molecule has 1 aromatic rings. The fourth-order valence-corrected chi connectivity index (χ4v) is 2.18. The first-order valence-electron chi connectivity index (χ1n) is 6.32. The van der Waals surface area contributed by atoms with Gasteiger partial charge in [0.1, 0.15) is 5.82 Å². The molecule has 3 N–H and O–H groups in total. The number of aromatic amines is 2. The number of piperidine rings is 1. The molecule has 1 amide bonds. The van der Waals surface area contributed by atoms with Crippen LogP contribution in [0.15, 0.2) is 4.79 Å². The van der Waals surface area contributed by atoms with E-state index in [-0.39, 0.29) is 24.2 Å². The average Bonchev–Trinajstić information content (AvgIpc) is 2.82. The number of H-pyrrole nitrogens is 2. The summed E-state index contributed by atoms with van der Waals surface area (Å²) in [6.45, 7) is 4.12. The monoisotopic (exact) mass is 253 g/mol. The summed E-state index contributed by atoms with van der Waals surface area (Å²) >= 11 is 0. The number of carbonyl (C=O) groups is 1. The van der Waals surface area contributed by atoms with Gasteiger partial charge >= 0.3 is 5.69 Å². The normalized spacial score (nSPS) is 18.5. The van der Waals surface area contributed by atoms with Crippen LogP contribution < -0.4 is 11.0 Å². The fraction of sp³-hybridized carbons (Fsp3) is 0.727. The minimum Gasteiger partial charge on any atom is -0.347 e. The van der Waals surface area contributed by atoms with Crippen LogP contribution in [-0.2, 0) is 11.3 Å². The van der Waals surface area contributed by atoms with Crippen molar-refractivity contribution >= 4 is 5.91 Å². The largest absolute Gasteiger partial charge is 0.347 e. The summed E-state index contributed by atoms with van der Waals surface area (Å²) in [6, 6.07) is -0.129.